The van der Waals surface area contributed by atoms with E-state index in [-0.39, 0.29) is 5.91 Å². The van der Waals surface area contributed by atoms with E-state index in [9.17, 15) is 9.59 Å². The average Bonchev–Trinajstić information content (AvgIpc) is 2.42. The van der Waals surface area contributed by atoms with Crippen molar-refractivity contribution in [3.8, 4) is 0 Å². The Kier molecular flexibility index (Phi) is 6.50. The summed E-state index contributed by atoms with van der Waals surface area (Å²) < 4.78 is 0. The van der Waals surface area contributed by atoms with Crippen LogP contribution in [0.15, 0.2) is 24.3 Å². The number of aliphatic carboxylic acids is 1. The fourth-order valence-corrected chi connectivity index (χ4v) is 1.83. The summed E-state index contributed by atoms with van der Waals surface area (Å²) in [5, 5.41) is 11.5. The molecule has 0 atom stereocenters. The first-order valence-corrected chi connectivity index (χ1v) is 6.84. The zero-order chi connectivity index (χ0) is 15.0. The van der Waals surface area contributed by atoms with Crippen LogP contribution in [0.3, 0.4) is 0 Å². The molecule has 0 aromatic heterocycles. The second kappa shape index (κ2) is 8.15. The molecule has 0 radical (unpaired) electrons. The van der Waals surface area contributed by atoms with E-state index in [2.05, 4.69) is 12.2 Å². The van der Waals surface area contributed by atoms with Crippen molar-refractivity contribution in [1.82, 2.24) is 5.32 Å². The summed E-state index contributed by atoms with van der Waals surface area (Å²) in [6.07, 6.45) is 5.73. The van der Waals surface area contributed by atoms with Crippen molar-refractivity contribution in [3.63, 3.8) is 0 Å². The predicted octanol–water partition coefficient (Wildman–Crippen LogP) is 3.01. The molecule has 0 fully saturated rings. The highest BCUT2D eigenvalue weighted by molar-refractivity contribution is 5.96. The van der Waals surface area contributed by atoms with Crippen molar-refractivity contribution in [2.45, 2.75) is 33.1 Å². The molecule has 108 valence electrons. The standard InChI is InChI=1S/C16H21NO3/c1-3-4-5-10-17-16(20)14-11-13(7-6-12(14)2)8-9-15(18)19/h6-9,11H,3-5,10H2,1-2H3,(H,17,20)(H,18,19). The van der Waals surface area contributed by atoms with Gasteiger partial charge in [-0.15, -0.1) is 0 Å². The lowest BCUT2D eigenvalue weighted by Crippen LogP contribution is -2.25. The SMILES string of the molecule is CCCCCNC(=O)c1cc(C=CC(=O)O)ccc1C. The van der Waals surface area contributed by atoms with Gasteiger partial charge >= 0.3 is 5.97 Å². The number of rotatable bonds is 7. The van der Waals surface area contributed by atoms with Crippen LogP contribution in [0.1, 0.15) is 47.7 Å². The number of benzene rings is 1. The number of nitrogens with one attached hydrogen (secondary N) is 1. The van der Waals surface area contributed by atoms with E-state index in [0.29, 0.717) is 17.7 Å². The molecule has 0 spiro atoms. The number of carbonyl (C=O) groups is 2. The molecular weight excluding hydrogens is 254 g/mol. The maximum absolute atomic E-state index is 12.1. The number of carboxylic acid groups (broad SMARTS) is 1. The van der Waals surface area contributed by atoms with Crippen LogP contribution in [0.5, 0.6) is 0 Å². The number of amides is 1. The molecular formula is C16H21NO3. The third-order valence-electron chi connectivity index (χ3n) is 2.99. The smallest absolute Gasteiger partial charge is 0.328 e. The third-order valence-corrected chi connectivity index (χ3v) is 2.99. The van der Waals surface area contributed by atoms with E-state index in [1.807, 2.05) is 13.0 Å². The van der Waals surface area contributed by atoms with E-state index >= 15 is 0 Å². The predicted molar refractivity (Wildman–Crippen MR) is 79.7 cm³/mol. The summed E-state index contributed by atoms with van der Waals surface area (Å²) in [5.41, 5.74) is 2.18. The normalized spacial score (nSPS) is 10.7. The van der Waals surface area contributed by atoms with Crippen LogP contribution in [0.25, 0.3) is 6.08 Å². The molecule has 0 aliphatic carbocycles. The van der Waals surface area contributed by atoms with Crippen molar-refractivity contribution in [2.75, 3.05) is 6.54 Å². The number of hydrogen-bond acceptors (Lipinski definition) is 2. The maximum atomic E-state index is 12.1. The van der Waals surface area contributed by atoms with E-state index in [0.717, 1.165) is 30.9 Å². The van der Waals surface area contributed by atoms with Gasteiger partial charge in [-0.05, 0) is 36.6 Å². The van der Waals surface area contributed by atoms with Gasteiger partial charge in [0.25, 0.3) is 5.91 Å². The highest BCUT2D eigenvalue weighted by Gasteiger charge is 2.08. The molecule has 4 heteroatoms. The molecule has 1 amide bonds. The fourth-order valence-electron chi connectivity index (χ4n) is 1.83. The van der Waals surface area contributed by atoms with Gasteiger partial charge in [0, 0.05) is 18.2 Å². The summed E-state index contributed by atoms with van der Waals surface area (Å²) in [6, 6.07) is 5.33. The number of aryl methyl sites for hydroxylation is 1. The molecule has 0 heterocycles. The highest BCUT2D eigenvalue weighted by atomic mass is 16.4. The molecule has 1 aromatic rings. The molecule has 4 nitrogen and oxygen atoms in total. The van der Waals surface area contributed by atoms with E-state index < -0.39 is 5.97 Å². The second-order valence-corrected chi connectivity index (χ2v) is 4.71. The van der Waals surface area contributed by atoms with E-state index in [1.54, 1.807) is 12.1 Å². The minimum absolute atomic E-state index is 0.107. The minimum atomic E-state index is -1.00. The third kappa shape index (κ3) is 5.26. The van der Waals surface area contributed by atoms with Gasteiger partial charge in [0.05, 0.1) is 0 Å². The Morgan fingerprint density at radius 1 is 1.30 bits per heavy atom. The Hall–Kier alpha value is -2.10. The first kappa shape index (κ1) is 16.0. The Labute approximate surface area is 119 Å². The Balaban J connectivity index is 2.75. The van der Waals surface area contributed by atoms with Crippen molar-refractivity contribution in [1.29, 1.82) is 0 Å². The molecule has 0 unspecified atom stereocenters. The highest BCUT2D eigenvalue weighted by Crippen LogP contribution is 2.12. The first-order chi connectivity index (χ1) is 9.54. The summed E-state index contributed by atoms with van der Waals surface area (Å²) in [6.45, 7) is 4.65. The molecule has 2 N–H and O–H groups in total. The van der Waals surface area contributed by atoms with E-state index in [1.165, 1.54) is 6.08 Å². The number of carboxylic acids is 1. The Bertz CT molecular complexity index is 506. The summed E-state index contributed by atoms with van der Waals surface area (Å²) in [4.78, 5) is 22.6. The average molecular weight is 275 g/mol. The van der Waals surface area contributed by atoms with Gasteiger partial charge in [0.2, 0.25) is 0 Å². The maximum Gasteiger partial charge on any atom is 0.328 e. The zero-order valence-electron chi connectivity index (χ0n) is 12.0. The molecule has 0 saturated carbocycles. The summed E-state index contributed by atoms with van der Waals surface area (Å²) in [7, 11) is 0. The molecule has 0 aliphatic rings. The quantitative estimate of drug-likeness (QED) is 0.594. The molecule has 1 rings (SSSR count). The summed E-state index contributed by atoms with van der Waals surface area (Å²) >= 11 is 0. The van der Waals surface area contributed by atoms with Crippen molar-refractivity contribution < 1.29 is 14.7 Å². The van der Waals surface area contributed by atoms with Crippen LogP contribution in [-0.2, 0) is 4.79 Å². The number of hydrogen-bond donors (Lipinski definition) is 2. The molecule has 1 aromatic carbocycles. The van der Waals surface area contributed by atoms with Crippen LogP contribution < -0.4 is 5.32 Å². The summed E-state index contributed by atoms with van der Waals surface area (Å²) in [5.74, 6) is -1.11. The molecule has 20 heavy (non-hydrogen) atoms. The minimum Gasteiger partial charge on any atom is -0.478 e. The van der Waals surface area contributed by atoms with Crippen molar-refractivity contribution in [3.05, 3.63) is 41.0 Å². The van der Waals surface area contributed by atoms with E-state index in [4.69, 9.17) is 5.11 Å². The Morgan fingerprint density at radius 2 is 2.05 bits per heavy atom. The van der Waals surface area contributed by atoms with Crippen molar-refractivity contribution in [2.24, 2.45) is 0 Å². The van der Waals surface area contributed by atoms with Gasteiger partial charge in [-0.1, -0.05) is 31.9 Å². The van der Waals surface area contributed by atoms with Crippen LogP contribution in [0.2, 0.25) is 0 Å². The molecule has 0 bridgehead atoms. The van der Waals surface area contributed by atoms with Crippen LogP contribution >= 0.6 is 0 Å². The van der Waals surface area contributed by atoms with Gasteiger partial charge < -0.3 is 10.4 Å². The molecule has 0 saturated heterocycles. The first-order valence-electron chi connectivity index (χ1n) is 6.84. The lowest BCUT2D eigenvalue weighted by atomic mass is 10.0. The molecule has 0 aliphatic heterocycles. The second-order valence-electron chi connectivity index (χ2n) is 4.71. The van der Waals surface area contributed by atoms with Gasteiger partial charge in [0.15, 0.2) is 0 Å². The van der Waals surface area contributed by atoms with Crippen LogP contribution in [0, 0.1) is 6.92 Å². The van der Waals surface area contributed by atoms with Crippen LogP contribution in [0.4, 0.5) is 0 Å². The van der Waals surface area contributed by atoms with Crippen LogP contribution in [-0.4, -0.2) is 23.5 Å². The largest absolute Gasteiger partial charge is 0.478 e. The number of carbonyl (C=O) groups excluding carboxylic acids is 1. The Morgan fingerprint density at radius 3 is 2.70 bits per heavy atom. The lowest BCUT2D eigenvalue weighted by Gasteiger charge is -2.08. The zero-order valence-corrected chi connectivity index (χ0v) is 12.0. The van der Waals surface area contributed by atoms with Gasteiger partial charge in [-0.3, -0.25) is 4.79 Å². The van der Waals surface area contributed by atoms with Gasteiger partial charge in [-0.25, -0.2) is 4.79 Å². The monoisotopic (exact) mass is 275 g/mol. The fraction of sp³-hybridized carbons (Fsp3) is 0.375. The lowest BCUT2D eigenvalue weighted by molar-refractivity contribution is -0.131. The van der Waals surface area contributed by atoms with Gasteiger partial charge in [-0.2, -0.15) is 0 Å². The van der Waals surface area contributed by atoms with Gasteiger partial charge in [0.1, 0.15) is 0 Å². The topological polar surface area (TPSA) is 66.4 Å². The van der Waals surface area contributed by atoms with Crippen molar-refractivity contribution >= 4 is 18.0 Å². The number of unbranched alkanes of at least 4 members (excludes halogenated alkanes) is 2.